The average molecular weight is 365 g/mol. The van der Waals surface area contributed by atoms with Gasteiger partial charge in [0.2, 0.25) is 11.0 Å². The molecule has 0 bridgehead atoms. The van der Waals surface area contributed by atoms with Gasteiger partial charge in [0, 0.05) is 5.92 Å². The van der Waals surface area contributed by atoms with Gasteiger partial charge in [-0.1, -0.05) is 47.7 Å². The molecule has 1 amide bonds. The molecule has 6 heteroatoms. The number of hydrogen-bond acceptors (Lipinski definition) is 5. The van der Waals surface area contributed by atoms with Crippen molar-refractivity contribution in [3.05, 3.63) is 70.7 Å². The van der Waals surface area contributed by atoms with Crippen LogP contribution in [-0.2, 0) is 11.2 Å². The van der Waals surface area contributed by atoms with Crippen LogP contribution in [0.15, 0.2) is 54.0 Å². The van der Waals surface area contributed by atoms with Crippen molar-refractivity contribution in [2.45, 2.75) is 19.3 Å². The van der Waals surface area contributed by atoms with Crippen LogP contribution in [0.5, 0.6) is 5.75 Å². The minimum Gasteiger partial charge on any atom is -0.497 e. The van der Waals surface area contributed by atoms with E-state index in [4.69, 9.17) is 4.74 Å². The summed E-state index contributed by atoms with van der Waals surface area (Å²) in [6.45, 7) is 2.02. The highest BCUT2D eigenvalue weighted by Crippen LogP contribution is 2.52. The zero-order chi connectivity index (χ0) is 18.1. The van der Waals surface area contributed by atoms with Crippen LogP contribution in [0, 0.1) is 5.41 Å². The second-order valence-corrected chi connectivity index (χ2v) is 7.53. The molecule has 2 aromatic carbocycles. The topological polar surface area (TPSA) is 64.1 Å². The molecule has 1 aliphatic rings. The Balaban J connectivity index is 1.79. The fourth-order valence-corrected chi connectivity index (χ4v) is 4.28. The van der Waals surface area contributed by atoms with Gasteiger partial charge in [-0.3, -0.25) is 4.79 Å². The minimum absolute atomic E-state index is 0.0433. The van der Waals surface area contributed by atoms with Crippen molar-refractivity contribution in [2.75, 3.05) is 12.4 Å². The van der Waals surface area contributed by atoms with Crippen LogP contribution in [0.4, 0.5) is 5.13 Å². The van der Waals surface area contributed by atoms with Gasteiger partial charge in [-0.2, -0.15) is 0 Å². The summed E-state index contributed by atoms with van der Waals surface area (Å²) in [5.74, 6) is 0.707. The molecule has 0 radical (unpaired) electrons. The van der Waals surface area contributed by atoms with Gasteiger partial charge in [0.1, 0.15) is 11.3 Å². The molecule has 0 fully saturated rings. The summed E-state index contributed by atoms with van der Waals surface area (Å²) in [4.78, 5) is 13.2. The maximum absolute atomic E-state index is 13.2. The van der Waals surface area contributed by atoms with Crippen LogP contribution in [-0.4, -0.2) is 23.2 Å². The predicted octanol–water partition coefficient (Wildman–Crippen LogP) is 3.88. The molecule has 1 heterocycles. The Kier molecular flexibility index (Phi) is 4.20. The van der Waals surface area contributed by atoms with Crippen molar-refractivity contribution in [2.24, 2.45) is 5.41 Å². The number of fused-ring (bicyclic) bond motifs is 1. The molecule has 0 saturated heterocycles. The molecule has 1 aliphatic carbocycles. The van der Waals surface area contributed by atoms with E-state index >= 15 is 0 Å². The Morgan fingerprint density at radius 3 is 2.77 bits per heavy atom. The maximum atomic E-state index is 13.2. The van der Waals surface area contributed by atoms with Crippen molar-refractivity contribution in [3.63, 3.8) is 0 Å². The van der Waals surface area contributed by atoms with E-state index in [1.54, 1.807) is 12.6 Å². The Hall–Kier alpha value is -2.73. The van der Waals surface area contributed by atoms with Gasteiger partial charge in [0.25, 0.3) is 0 Å². The number of methoxy groups -OCH3 is 1. The molecule has 0 spiro atoms. The molecule has 26 heavy (non-hydrogen) atoms. The molecule has 3 aromatic rings. The van der Waals surface area contributed by atoms with E-state index in [9.17, 15) is 4.79 Å². The van der Waals surface area contributed by atoms with Crippen LogP contribution in [0.2, 0.25) is 0 Å². The molecular weight excluding hydrogens is 346 g/mol. The summed E-state index contributed by atoms with van der Waals surface area (Å²) in [6.07, 6.45) is 0.663. The number of rotatable bonds is 4. The first kappa shape index (κ1) is 16.7. The second kappa shape index (κ2) is 6.53. The third kappa shape index (κ3) is 2.76. The van der Waals surface area contributed by atoms with Crippen LogP contribution in [0.3, 0.4) is 0 Å². The first-order valence-electron chi connectivity index (χ1n) is 8.41. The number of carbonyl (C=O) groups excluding carboxylic acids is 1. The van der Waals surface area contributed by atoms with Gasteiger partial charge in [0.05, 0.1) is 12.5 Å². The Morgan fingerprint density at radius 1 is 1.27 bits per heavy atom. The van der Waals surface area contributed by atoms with E-state index < -0.39 is 5.41 Å². The summed E-state index contributed by atoms with van der Waals surface area (Å²) in [5.41, 5.74) is 4.43. The van der Waals surface area contributed by atoms with Crippen molar-refractivity contribution in [1.82, 2.24) is 10.2 Å². The molecule has 2 unspecified atom stereocenters. The zero-order valence-electron chi connectivity index (χ0n) is 14.6. The van der Waals surface area contributed by atoms with Gasteiger partial charge < -0.3 is 10.1 Å². The smallest absolute Gasteiger partial charge is 0.233 e. The highest BCUT2D eigenvalue weighted by atomic mass is 32.1. The summed E-state index contributed by atoms with van der Waals surface area (Å²) in [7, 11) is 1.66. The van der Waals surface area contributed by atoms with Crippen LogP contribution < -0.4 is 10.1 Å². The van der Waals surface area contributed by atoms with Crippen molar-refractivity contribution in [3.8, 4) is 5.75 Å². The number of nitrogens with zero attached hydrogens (tertiary/aromatic N) is 2. The molecule has 132 valence electrons. The largest absolute Gasteiger partial charge is 0.497 e. The quantitative estimate of drug-likeness (QED) is 0.762. The number of aromatic nitrogens is 2. The van der Waals surface area contributed by atoms with Gasteiger partial charge in [0.15, 0.2) is 0 Å². The number of amides is 1. The molecule has 5 nitrogen and oxygen atoms in total. The monoisotopic (exact) mass is 365 g/mol. The van der Waals surface area contributed by atoms with E-state index in [-0.39, 0.29) is 11.8 Å². The predicted molar refractivity (Wildman–Crippen MR) is 102 cm³/mol. The minimum atomic E-state index is -0.623. The lowest BCUT2D eigenvalue weighted by molar-refractivity contribution is -0.125. The molecule has 0 aliphatic heterocycles. The van der Waals surface area contributed by atoms with Crippen molar-refractivity contribution >= 4 is 22.4 Å². The summed E-state index contributed by atoms with van der Waals surface area (Å²) in [6, 6.07) is 16.2. The summed E-state index contributed by atoms with van der Waals surface area (Å²) >= 11 is 1.32. The van der Waals surface area contributed by atoms with Gasteiger partial charge in [-0.15, -0.1) is 10.2 Å². The Bertz CT molecular complexity index is 927. The van der Waals surface area contributed by atoms with E-state index in [0.29, 0.717) is 11.6 Å². The number of nitrogens with one attached hydrogen (secondary N) is 1. The van der Waals surface area contributed by atoms with Gasteiger partial charge >= 0.3 is 0 Å². The molecule has 2 atom stereocenters. The highest BCUT2D eigenvalue weighted by molar-refractivity contribution is 7.13. The third-order valence-corrected chi connectivity index (χ3v) is 5.70. The summed E-state index contributed by atoms with van der Waals surface area (Å²) < 4.78 is 5.42. The SMILES string of the molecule is COc1ccc2c(c1)C(c1ccccc1)C(C)(C(=O)Nc1nncs1)C2. The molecule has 1 N–H and O–H groups in total. The fourth-order valence-electron chi connectivity index (χ4n) is 3.84. The van der Waals surface area contributed by atoms with Gasteiger partial charge in [-0.05, 0) is 42.2 Å². The van der Waals surface area contributed by atoms with E-state index in [1.165, 1.54) is 16.9 Å². The lowest BCUT2D eigenvalue weighted by atomic mass is 9.73. The number of benzene rings is 2. The lowest BCUT2D eigenvalue weighted by Crippen LogP contribution is -2.37. The number of hydrogen-bond donors (Lipinski definition) is 1. The lowest BCUT2D eigenvalue weighted by Gasteiger charge is -2.30. The maximum Gasteiger partial charge on any atom is 0.233 e. The Labute approximate surface area is 156 Å². The van der Waals surface area contributed by atoms with E-state index in [0.717, 1.165) is 16.9 Å². The molecular formula is C20H19N3O2S. The van der Waals surface area contributed by atoms with Crippen LogP contribution >= 0.6 is 11.3 Å². The van der Waals surface area contributed by atoms with Crippen LogP contribution in [0.1, 0.15) is 29.5 Å². The fraction of sp³-hybridized carbons (Fsp3) is 0.250. The zero-order valence-corrected chi connectivity index (χ0v) is 15.4. The third-order valence-electron chi connectivity index (χ3n) is 5.09. The number of carbonyl (C=O) groups is 1. The van der Waals surface area contributed by atoms with Crippen molar-refractivity contribution < 1.29 is 9.53 Å². The first-order valence-corrected chi connectivity index (χ1v) is 9.29. The highest BCUT2D eigenvalue weighted by Gasteiger charge is 2.49. The molecule has 1 aromatic heterocycles. The number of ether oxygens (including phenoxy) is 1. The van der Waals surface area contributed by atoms with E-state index in [2.05, 4.69) is 39.8 Å². The molecule has 4 rings (SSSR count). The van der Waals surface area contributed by atoms with E-state index in [1.807, 2.05) is 31.2 Å². The standard InChI is InChI=1S/C20H19N3O2S/c1-20(18(24)22-19-23-21-12-26-19)11-14-8-9-15(25-2)10-16(14)17(20)13-6-4-3-5-7-13/h3-10,12,17H,11H2,1-2H3,(H,22,23,24). The Morgan fingerprint density at radius 2 is 2.08 bits per heavy atom. The summed E-state index contributed by atoms with van der Waals surface area (Å²) in [5, 5.41) is 11.2. The average Bonchev–Trinajstić information content (AvgIpc) is 3.27. The van der Waals surface area contributed by atoms with Crippen molar-refractivity contribution in [1.29, 1.82) is 0 Å². The molecule has 0 saturated carbocycles. The van der Waals surface area contributed by atoms with Crippen LogP contribution in [0.25, 0.3) is 0 Å². The second-order valence-electron chi connectivity index (χ2n) is 6.70. The van der Waals surface area contributed by atoms with Gasteiger partial charge in [-0.25, -0.2) is 0 Å². The number of anilines is 1. The normalized spacial score (nSPS) is 21.2. The first-order chi connectivity index (χ1) is 12.6.